The smallest absolute Gasteiger partial charge is 0.0295 e. The molecule has 0 amide bonds. The molecule has 0 spiro atoms. The van der Waals surface area contributed by atoms with Gasteiger partial charge in [-0.2, -0.15) is 23.5 Å². The van der Waals surface area contributed by atoms with E-state index in [1.54, 1.807) is 0 Å². The van der Waals surface area contributed by atoms with Crippen molar-refractivity contribution >= 4 is 34.3 Å². The third-order valence-electron chi connectivity index (χ3n) is 3.98. The van der Waals surface area contributed by atoms with Gasteiger partial charge in [-0.1, -0.05) is 42.5 Å². The minimum Gasteiger partial charge on any atom is -0.316 e. The number of rotatable bonds is 4. The summed E-state index contributed by atoms with van der Waals surface area (Å²) in [5.41, 5.74) is 1.47. The number of hydrogen-bond donors (Lipinski definition) is 1. The van der Waals surface area contributed by atoms with Crippen LogP contribution in [0.5, 0.6) is 0 Å². The van der Waals surface area contributed by atoms with Gasteiger partial charge in [0.15, 0.2) is 0 Å². The lowest BCUT2D eigenvalue weighted by Crippen LogP contribution is -2.40. The standard InChI is InChI=1S/C17H21NS2/c1-18-16(17-12-19-9-10-20-17)11-14-7-4-6-13-5-2-3-8-15(13)14/h2-8,16-18H,9-12H2,1H3. The summed E-state index contributed by atoms with van der Waals surface area (Å²) >= 11 is 4.24. The zero-order chi connectivity index (χ0) is 13.8. The van der Waals surface area contributed by atoms with E-state index in [0.717, 1.165) is 11.7 Å². The van der Waals surface area contributed by atoms with Crippen molar-refractivity contribution in [3.63, 3.8) is 0 Å². The van der Waals surface area contributed by atoms with Crippen molar-refractivity contribution in [1.82, 2.24) is 5.32 Å². The van der Waals surface area contributed by atoms with Crippen LogP contribution in [0.3, 0.4) is 0 Å². The van der Waals surface area contributed by atoms with Gasteiger partial charge in [-0.3, -0.25) is 0 Å². The number of benzene rings is 2. The highest BCUT2D eigenvalue weighted by Gasteiger charge is 2.23. The first-order chi connectivity index (χ1) is 9.88. The second-order valence-electron chi connectivity index (χ2n) is 5.22. The molecule has 1 aliphatic rings. The molecule has 1 saturated heterocycles. The summed E-state index contributed by atoms with van der Waals surface area (Å²) in [4.78, 5) is 0. The van der Waals surface area contributed by atoms with E-state index in [0.29, 0.717) is 6.04 Å². The third kappa shape index (κ3) is 3.16. The highest BCUT2D eigenvalue weighted by atomic mass is 32.2. The fourth-order valence-electron chi connectivity index (χ4n) is 2.87. The van der Waals surface area contributed by atoms with Gasteiger partial charge >= 0.3 is 0 Å². The Morgan fingerprint density at radius 1 is 1.15 bits per heavy atom. The van der Waals surface area contributed by atoms with Gasteiger partial charge in [0.2, 0.25) is 0 Å². The first-order valence-corrected chi connectivity index (χ1v) is 9.42. The summed E-state index contributed by atoms with van der Waals surface area (Å²) < 4.78 is 0. The quantitative estimate of drug-likeness (QED) is 0.922. The summed E-state index contributed by atoms with van der Waals surface area (Å²) in [5, 5.41) is 7.04. The highest BCUT2D eigenvalue weighted by Crippen LogP contribution is 2.29. The van der Waals surface area contributed by atoms with Crippen LogP contribution in [-0.4, -0.2) is 35.6 Å². The molecule has 2 unspecified atom stereocenters. The minimum absolute atomic E-state index is 0.568. The van der Waals surface area contributed by atoms with E-state index in [9.17, 15) is 0 Å². The predicted molar refractivity (Wildman–Crippen MR) is 94.1 cm³/mol. The van der Waals surface area contributed by atoms with Crippen LogP contribution in [0.4, 0.5) is 0 Å². The molecule has 2 atom stereocenters. The average Bonchev–Trinajstić information content (AvgIpc) is 2.53. The van der Waals surface area contributed by atoms with Gasteiger partial charge in [-0.25, -0.2) is 0 Å². The van der Waals surface area contributed by atoms with Crippen molar-refractivity contribution in [1.29, 1.82) is 0 Å². The zero-order valence-corrected chi connectivity index (χ0v) is 13.5. The minimum atomic E-state index is 0.568. The SMILES string of the molecule is CNC(Cc1cccc2ccccc12)C1CSCCS1. The Morgan fingerprint density at radius 2 is 2.00 bits per heavy atom. The summed E-state index contributed by atoms with van der Waals surface area (Å²) in [6.07, 6.45) is 1.12. The van der Waals surface area contributed by atoms with Gasteiger partial charge in [-0.15, -0.1) is 0 Å². The molecule has 1 aliphatic heterocycles. The molecular weight excluding hydrogens is 282 g/mol. The molecule has 2 aromatic rings. The maximum absolute atomic E-state index is 3.55. The van der Waals surface area contributed by atoms with Crippen LogP contribution in [0.15, 0.2) is 42.5 Å². The molecule has 0 saturated carbocycles. The van der Waals surface area contributed by atoms with Crippen molar-refractivity contribution in [3.8, 4) is 0 Å². The van der Waals surface area contributed by atoms with Gasteiger partial charge in [0.25, 0.3) is 0 Å². The Morgan fingerprint density at radius 3 is 2.80 bits per heavy atom. The van der Waals surface area contributed by atoms with E-state index in [2.05, 4.69) is 78.4 Å². The molecule has 0 aliphatic carbocycles. The zero-order valence-electron chi connectivity index (χ0n) is 11.8. The van der Waals surface area contributed by atoms with Crippen LogP contribution in [0, 0.1) is 0 Å². The average molecular weight is 303 g/mol. The fraction of sp³-hybridized carbons (Fsp3) is 0.412. The van der Waals surface area contributed by atoms with Crippen LogP contribution >= 0.6 is 23.5 Å². The second kappa shape index (κ2) is 6.88. The Balaban J connectivity index is 1.83. The fourth-order valence-corrected chi connectivity index (χ4v) is 5.79. The molecule has 3 heteroatoms. The molecule has 0 bridgehead atoms. The molecule has 20 heavy (non-hydrogen) atoms. The van der Waals surface area contributed by atoms with E-state index in [1.165, 1.54) is 33.6 Å². The summed E-state index contributed by atoms with van der Waals surface area (Å²) in [5.74, 6) is 3.88. The molecule has 1 nitrogen and oxygen atoms in total. The Bertz CT molecular complexity index is 558. The lowest BCUT2D eigenvalue weighted by molar-refractivity contribution is 0.559. The first-order valence-electron chi connectivity index (χ1n) is 7.22. The van der Waals surface area contributed by atoms with E-state index in [4.69, 9.17) is 0 Å². The molecule has 106 valence electrons. The molecule has 0 radical (unpaired) electrons. The lowest BCUT2D eigenvalue weighted by atomic mass is 9.97. The van der Waals surface area contributed by atoms with Crippen LogP contribution in [0.1, 0.15) is 5.56 Å². The topological polar surface area (TPSA) is 12.0 Å². The predicted octanol–water partition coefficient (Wildman–Crippen LogP) is 3.82. The van der Waals surface area contributed by atoms with E-state index < -0.39 is 0 Å². The van der Waals surface area contributed by atoms with Gasteiger partial charge in [-0.05, 0) is 29.8 Å². The maximum Gasteiger partial charge on any atom is 0.0295 e. The third-order valence-corrected chi connectivity index (χ3v) is 6.90. The summed E-state index contributed by atoms with van der Waals surface area (Å²) in [7, 11) is 2.11. The number of fused-ring (bicyclic) bond motifs is 1. The van der Waals surface area contributed by atoms with Gasteiger partial charge in [0, 0.05) is 28.6 Å². The second-order valence-corrected chi connectivity index (χ2v) is 7.72. The van der Waals surface area contributed by atoms with Crippen LogP contribution < -0.4 is 5.32 Å². The molecule has 1 fully saturated rings. The summed E-state index contributed by atoms with van der Waals surface area (Å²) in [6.45, 7) is 0. The molecule has 0 aromatic heterocycles. The molecule has 1 N–H and O–H groups in total. The van der Waals surface area contributed by atoms with E-state index >= 15 is 0 Å². The van der Waals surface area contributed by atoms with Crippen molar-refractivity contribution in [3.05, 3.63) is 48.0 Å². The van der Waals surface area contributed by atoms with Crippen LogP contribution in [-0.2, 0) is 6.42 Å². The number of nitrogens with one attached hydrogen (secondary N) is 1. The number of likely N-dealkylation sites (N-methyl/N-ethyl adjacent to an activating group) is 1. The van der Waals surface area contributed by atoms with Gasteiger partial charge < -0.3 is 5.32 Å². The lowest BCUT2D eigenvalue weighted by Gasteiger charge is -2.29. The molecule has 2 aromatic carbocycles. The van der Waals surface area contributed by atoms with Crippen molar-refractivity contribution < 1.29 is 0 Å². The van der Waals surface area contributed by atoms with Gasteiger partial charge in [0.1, 0.15) is 0 Å². The molecular formula is C17H21NS2. The normalized spacial score (nSPS) is 20.9. The van der Waals surface area contributed by atoms with Crippen LogP contribution in [0.2, 0.25) is 0 Å². The number of thioether (sulfide) groups is 2. The van der Waals surface area contributed by atoms with Gasteiger partial charge in [0.05, 0.1) is 0 Å². The highest BCUT2D eigenvalue weighted by molar-refractivity contribution is 8.06. The molecule has 1 heterocycles. The van der Waals surface area contributed by atoms with Crippen LogP contribution in [0.25, 0.3) is 10.8 Å². The van der Waals surface area contributed by atoms with Crippen molar-refractivity contribution in [2.75, 3.05) is 24.3 Å². The Kier molecular flexibility index (Phi) is 4.92. The summed E-state index contributed by atoms with van der Waals surface area (Å²) in [6, 6.07) is 16.0. The number of hydrogen-bond acceptors (Lipinski definition) is 3. The largest absolute Gasteiger partial charge is 0.316 e. The Hall–Kier alpha value is -0.640. The van der Waals surface area contributed by atoms with E-state index in [1.807, 2.05) is 0 Å². The Labute approximate surface area is 129 Å². The molecule has 3 rings (SSSR count). The van der Waals surface area contributed by atoms with Crippen molar-refractivity contribution in [2.45, 2.75) is 17.7 Å². The monoisotopic (exact) mass is 303 g/mol. The first kappa shape index (κ1) is 14.3. The van der Waals surface area contributed by atoms with Crippen molar-refractivity contribution in [2.24, 2.45) is 0 Å². The maximum atomic E-state index is 3.55. The van der Waals surface area contributed by atoms with E-state index in [-0.39, 0.29) is 0 Å².